The van der Waals surface area contributed by atoms with Crippen LogP contribution >= 0.6 is 0 Å². The van der Waals surface area contributed by atoms with Crippen LogP contribution < -0.4 is 5.32 Å². The van der Waals surface area contributed by atoms with E-state index in [9.17, 15) is 27.6 Å². The lowest BCUT2D eigenvalue weighted by Crippen LogP contribution is -2.66. The van der Waals surface area contributed by atoms with Crippen molar-refractivity contribution in [3.05, 3.63) is 35.4 Å². The topological polar surface area (TPSA) is 79.6 Å². The molecular formula is C23H27F3N2O4. The number of alkyl halides is 3. The van der Waals surface area contributed by atoms with E-state index < -0.39 is 46.3 Å². The van der Waals surface area contributed by atoms with Crippen LogP contribution in [-0.2, 0) is 9.59 Å². The van der Waals surface area contributed by atoms with Crippen LogP contribution in [0.1, 0.15) is 75.8 Å². The van der Waals surface area contributed by atoms with Crippen LogP contribution in [0.5, 0.6) is 0 Å². The minimum Gasteiger partial charge on any atom is -0.459 e. The molecule has 1 N–H and O–H groups in total. The van der Waals surface area contributed by atoms with Crippen molar-refractivity contribution in [1.82, 2.24) is 10.2 Å². The summed E-state index contributed by atoms with van der Waals surface area (Å²) in [5.74, 6) is -3.58. The molecule has 3 aliphatic rings. The maximum absolute atomic E-state index is 14.7. The summed E-state index contributed by atoms with van der Waals surface area (Å²) >= 11 is 0. The summed E-state index contributed by atoms with van der Waals surface area (Å²) in [4.78, 5) is 40.7. The number of nitrogens with zero attached hydrogens (tertiary/aromatic N) is 1. The highest BCUT2D eigenvalue weighted by atomic mass is 19.4. The second kappa shape index (κ2) is 7.78. The predicted molar refractivity (Wildman–Crippen MR) is 108 cm³/mol. The second-order valence-electron chi connectivity index (χ2n) is 9.76. The third kappa shape index (κ3) is 3.55. The molecular weight excluding hydrogens is 425 g/mol. The monoisotopic (exact) mass is 452 g/mol. The van der Waals surface area contributed by atoms with Crippen molar-refractivity contribution in [1.29, 1.82) is 0 Å². The number of amides is 2. The van der Waals surface area contributed by atoms with E-state index in [1.807, 2.05) is 5.32 Å². The average Bonchev–Trinajstić information content (AvgIpc) is 3.19. The highest BCUT2D eigenvalue weighted by Crippen LogP contribution is 2.53. The van der Waals surface area contributed by atoms with Gasteiger partial charge in [-0.15, -0.1) is 0 Å². The van der Waals surface area contributed by atoms with E-state index in [4.69, 9.17) is 4.42 Å². The molecule has 6 nitrogen and oxygen atoms in total. The number of Topliss-reactive ketones (excluding diaryl/α,β-unsaturated/α-hetero) is 1. The molecule has 32 heavy (non-hydrogen) atoms. The average molecular weight is 452 g/mol. The number of halogens is 3. The molecule has 1 fully saturated rings. The molecule has 1 saturated carbocycles. The summed E-state index contributed by atoms with van der Waals surface area (Å²) in [6, 6.07) is 2.15. The fourth-order valence-electron chi connectivity index (χ4n) is 5.32. The smallest absolute Gasteiger partial charge is 0.425 e. The third-order valence-corrected chi connectivity index (χ3v) is 6.72. The van der Waals surface area contributed by atoms with Crippen LogP contribution in [0.15, 0.2) is 34.1 Å². The number of hydrogen-bond acceptors (Lipinski definition) is 4. The van der Waals surface area contributed by atoms with Gasteiger partial charge in [0.15, 0.2) is 11.5 Å². The van der Waals surface area contributed by atoms with Gasteiger partial charge in [0.05, 0.1) is 11.8 Å². The van der Waals surface area contributed by atoms with Gasteiger partial charge in [-0.2, -0.15) is 13.2 Å². The Morgan fingerprint density at radius 2 is 1.78 bits per heavy atom. The van der Waals surface area contributed by atoms with Gasteiger partial charge >= 0.3 is 6.18 Å². The van der Waals surface area contributed by atoms with Gasteiger partial charge in [-0.05, 0) is 36.8 Å². The maximum Gasteiger partial charge on any atom is 0.425 e. The number of carbonyl (C=O) groups is 3. The van der Waals surface area contributed by atoms with Crippen molar-refractivity contribution < 1.29 is 32.0 Å². The van der Waals surface area contributed by atoms with Crippen LogP contribution in [-0.4, -0.2) is 40.3 Å². The van der Waals surface area contributed by atoms with Crippen molar-refractivity contribution in [2.75, 3.05) is 0 Å². The summed E-state index contributed by atoms with van der Waals surface area (Å²) in [6.45, 7) is 3.61. The summed E-state index contributed by atoms with van der Waals surface area (Å²) in [5, 5.41) is 1.90. The molecule has 0 aromatic carbocycles. The number of rotatable bonds is 3. The molecule has 174 valence electrons. The third-order valence-electron chi connectivity index (χ3n) is 6.72. The fourth-order valence-corrected chi connectivity index (χ4v) is 5.32. The normalized spacial score (nSPS) is 26.8. The molecule has 2 amide bonds. The van der Waals surface area contributed by atoms with Gasteiger partial charge < -0.3 is 14.6 Å². The SMILES string of the molecule is CC1(C)CC(=O)C2=C(C1)N(C1CCCCCC1)C(=O)C2(NC(=O)c1ccco1)C(F)(F)F. The quantitative estimate of drug-likeness (QED) is 0.684. The number of carbonyl (C=O) groups excluding carboxylic acids is 3. The predicted octanol–water partition coefficient (Wildman–Crippen LogP) is 4.52. The van der Waals surface area contributed by atoms with Gasteiger partial charge in [-0.25, -0.2) is 0 Å². The summed E-state index contributed by atoms with van der Waals surface area (Å²) in [6.07, 6.45) is 0.610. The number of hydrogen-bond donors (Lipinski definition) is 1. The lowest BCUT2D eigenvalue weighted by Gasteiger charge is -2.36. The Hall–Kier alpha value is -2.58. The van der Waals surface area contributed by atoms with Crippen molar-refractivity contribution in [3.63, 3.8) is 0 Å². The highest BCUT2D eigenvalue weighted by molar-refractivity contribution is 6.14. The second-order valence-corrected chi connectivity index (χ2v) is 9.76. The van der Waals surface area contributed by atoms with Crippen molar-refractivity contribution in [3.8, 4) is 0 Å². The van der Waals surface area contributed by atoms with Crippen molar-refractivity contribution >= 4 is 17.6 Å². The molecule has 9 heteroatoms. The Morgan fingerprint density at radius 3 is 2.34 bits per heavy atom. The molecule has 4 rings (SSSR count). The highest BCUT2D eigenvalue weighted by Gasteiger charge is 2.72. The van der Waals surface area contributed by atoms with E-state index in [-0.39, 0.29) is 24.3 Å². The largest absolute Gasteiger partial charge is 0.459 e. The molecule has 1 atom stereocenters. The van der Waals surface area contributed by atoms with Gasteiger partial charge in [-0.3, -0.25) is 14.4 Å². The Kier molecular flexibility index (Phi) is 5.49. The minimum atomic E-state index is -5.20. The molecule has 0 radical (unpaired) electrons. The molecule has 2 heterocycles. The molecule has 1 aromatic heterocycles. The van der Waals surface area contributed by atoms with E-state index in [0.717, 1.165) is 31.9 Å². The standard InChI is InChI=1S/C23H27F3N2O4/c1-21(2)12-15-18(16(29)13-21)22(23(24,25)26,27-19(30)17-10-7-11-32-17)20(31)28(15)14-8-5-3-4-6-9-14/h7,10-11,14H,3-6,8-9,12-13H2,1-2H3,(H,27,30). The Morgan fingerprint density at radius 1 is 1.12 bits per heavy atom. The molecule has 0 saturated heterocycles. The summed E-state index contributed by atoms with van der Waals surface area (Å²) in [5.41, 5.74) is -4.52. The molecule has 1 aromatic rings. The van der Waals surface area contributed by atoms with E-state index in [0.29, 0.717) is 12.8 Å². The number of furan rings is 1. The number of allylic oxidation sites excluding steroid dienone is 1. The van der Waals surface area contributed by atoms with Crippen LogP contribution in [0.2, 0.25) is 0 Å². The maximum atomic E-state index is 14.7. The van der Waals surface area contributed by atoms with E-state index in [1.54, 1.807) is 13.8 Å². The zero-order valence-corrected chi connectivity index (χ0v) is 18.2. The lowest BCUT2D eigenvalue weighted by molar-refractivity contribution is -0.191. The zero-order chi connectivity index (χ0) is 23.3. The first-order chi connectivity index (χ1) is 15.0. The van der Waals surface area contributed by atoms with Gasteiger partial charge in [0.2, 0.25) is 5.54 Å². The summed E-state index contributed by atoms with van der Waals surface area (Å²) in [7, 11) is 0. The molecule has 2 aliphatic carbocycles. The van der Waals surface area contributed by atoms with E-state index in [2.05, 4.69) is 0 Å². The fraction of sp³-hybridized carbons (Fsp3) is 0.609. The van der Waals surface area contributed by atoms with E-state index >= 15 is 0 Å². The number of nitrogens with one attached hydrogen (secondary N) is 1. The van der Waals surface area contributed by atoms with Gasteiger partial charge in [0, 0.05) is 18.2 Å². The van der Waals surface area contributed by atoms with Crippen LogP contribution in [0.3, 0.4) is 0 Å². The lowest BCUT2D eigenvalue weighted by atomic mass is 9.72. The minimum absolute atomic E-state index is 0.111. The molecule has 1 aliphatic heterocycles. The van der Waals surface area contributed by atoms with Crippen molar-refractivity contribution in [2.45, 2.75) is 83.0 Å². The Bertz CT molecular complexity index is 956. The molecule has 0 bridgehead atoms. The first kappa shape index (κ1) is 22.6. The number of ketones is 1. The first-order valence-corrected chi connectivity index (χ1v) is 11.0. The van der Waals surface area contributed by atoms with Gasteiger partial charge in [-0.1, -0.05) is 39.5 Å². The molecule has 0 spiro atoms. The molecule has 1 unspecified atom stereocenters. The van der Waals surface area contributed by atoms with Crippen LogP contribution in [0, 0.1) is 5.41 Å². The van der Waals surface area contributed by atoms with Gasteiger partial charge in [0.25, 0.3) is 11.8 Å². The first-order valence-electron chi connectivity index (χ1n) is 11.0. The van der Waals surface area contributed by atoms with Crippen LogP contribution in [0.4, 0.5) is 13.2 Å². The van der Waals surface area contributed by atoms with Crippen molar-refractivity contribution in [2.24, 2.45) is 5.41 Å². The Labute approximate surface area is 184 Å². The van der Waals surface area contributed by atoms with E-state index in [1.165, 1.54) is 17.0 Å². The van der Waals surface area contributed by atoms with Crippen LogP contribution in [0.25, 0.3) is 0 Å². The van der Waals surface area contributed by atoms with Gasteiger partial charge in [0.1, 0.15) is 0 Å². The summed E-state index contributed by atoms with van der Waals surface area (Å²) < 4.78 is 49.2. The zero-order valence-electron chi connectivity index (χ0n) is 18.2. The Balaban J connectivity index is 1.88.